The van der Waals surface area contributed by atoms with Crippen molar-refractivity contribution in [2.75, 3.05) is 5.75 Å². The summed E-state index contributed by atoms with van der Waals surface area (Å²) in [5.41, 5.74) is 0. The zero-order chi connectivity index (χ0) is 21.7. The van der Waals surface area contributed by atoms with Crippen molar-refractivity contribution >= 4 is 28.9 Å². The van der Waals surface area contributed by atoms with Crippen LogP contribution in [0.25, 0.3) is 0 Å². The number of thioether (sulfide) groups is 1. The second-order valence-electron chi connectivity index (χ2n) is 7.71. The van der Waals surface area contributed by atoms with Gasteiger partial charge in [-0.25, -0.2) is 4.79 Å². The average molecular weight is 454 g/mol. The Morgan fingerprint density at radius 3 is 1.57 bits per heavy atom. The van der Waals surface area contributed by atoms with Crippen molar-refractivity contribution in [1.29, 1.82) is 0 Å². The number of nitrogens with one attached hydrogen (secondary N) is 1. The minimum atomic E-state index is -0.964. The molecule has 2 N–H and O–H groups in total. The van der Waals surface area contributed by atoms with Crippen LogP contribution in [0, 0.1) is 0 Å². The summed E-state index contributed by atoms with van der Waals surface area (Å²) in [7, 11) is 0. The van der Waals surface area contributed by atoms with E-state index in [4.69, 9.17) is 5.11 Å². The topological polar surface area (TPSA) is 107 Å². The molecule has 0 aromatic carbocycles. The second kappa shape index (κ2) is 23.4. The quantitative estimate of drug-likeness (QED) is 0.257. The van der Waals surface area contributed by atoms with E-state index in [0.29, 0.717) is 5.75 Å². The zero-order valence-corrected chi connectivity index (χ0v) is 21.9. The van der Waals surface area contributed by atoms with E-state index in [9.17, 15) is 19.5 Å². The Balaban J connectivity index is 0. The molecule has 8 heteroatoms. The first-order valence-electron chi connectivity index (χ1n) is 11.3. The zero-order valence-electron chi connectivity index (χ0n) is 19.1. The van der Waals surface area contributed by atoms with E-state index in [2.05, 4.69) is 12.2 Å². The van der Waals surface area contributed by atoms with Crippen molar-refractivity contribution in [2.24, 2.45) is 0 Å². The number of aliphatic carboxylic acids is 2. The number of hydrogen-bond donors (Lipinski definition) is 2. The van der Waals surface area contributed by atoms with Gasteiger partial charge in [-0.3, -0.25) is 4.79 Å². The number of hydrogen-bond acceptors (Lipinski definition) is 5. The summed E-state index contributed by atoms with van der Waals surface area (Å²) in [5.74, 6) is -1.53. The number of rotatable bonds is 17. The molecule has 0 spiro atoms. The van der Waals surface area contributed by atoms with Crippen LogP contribution >= 0.6 is 11.8 Å². The van der Waals surface area contributed by atoms with Gasteiger partial charge >= 0.3 is 35.5 Å². The molecule has 1 rings (SSSR count). The van der Waals surface area contributed by atoms with Crippen LogP contribution in [0.15, 0.2) is 0 Å². The van der Waals surface area contributed by atoms with Gasteiger partial charge < -0.3 is 20.3 Å². The fraction of sp³-hybridized carbons (Fsp3) is 0.864. The predicted molar refractivity (Wildman–Crippen MR) is 117 cm³/mol. The Bertz CT molecular complexity index is 451. The van der Waals surface area contributed by atoms with E-state index < -0.39 is 18.0 Å². The van der Waals surface area contributed by atoms with Gasteiger partial charge in [0.05, 0.1) is 0 Å². The molecule has 6 nitrogen and oxygen atoms in total. The summed E-state index contributed by atoms with van der Waals surface area (Å²) in [5, 5.41) is 20.6. The molecule has 1 unspecified atom stereocenters. The van der Waals surface area contributed by atoms with Crippen LogP contribution in [0.5, 0.6) is 0 Å². The summed E-state index contributed by atoms with van der Waals surface area (Å²) >= 11 is 1.00. The molecule has 1 fully saturated rings. The van der Waals surface area contributed by atoms with E-state index in [1.54, 1.807) is 0 Å². The van der Waals surface area contributed by atoms with Crippen LogP contribution in [0.4, 0.5) is 4.79 Å². The number of carbonyl (C=O) groups excluding carboxylic acids is 2. The monoisotopic (exact) mass is 453 g/mol. The number of carbonyl (C=O) groups is 3. The van der Waals surface area contributed by atoms with E-state index in [1.807, 2.05) is 0 Å². The van der Waals surface area contributed by atoms with Crippen molar-refractivity contribution < 1.29 is 54.2 Å². The van der Waals surface area contributed by atoms with Gasteiger partial charge in [-0.05, 0) is 12.8 Å². The Morgan fingerprint density at radius 1 is 0.900 bits per heavy atom. The summed E-state index contributed by atoms with van der Waals surface area (Å²) in [6, 6.07) is -0.678. The van der Waals surface area contributed by atoms with Gasteiger partial charge in [-0.15, -0.1) is 0 Å². The Labute approximate surface area is 209 Å². The summed E-state index contributed by atoms with van der Waals surface area (Å²) in [4.78, 5) is 30.7. The third kappa shape index (κ3) is 22.4. The molecule has 170 valence electrons. The molecular formula is C22H40NNaO5S. The number of carboxylic acid groups (broad SMARTS) is 2. The van der Waals surface area contributed by atoms with Crippen LogP contribution in [0.1, 0.15) is 110 Å². The summed E-state index contributed by atoms with van der Waals surface area (Å²) < 4.78 is 0. The van der Waals surface area contributed by atoms with Gasteiger partial charge in [0.1, 0.15) is 6.04 Å². The molecule has 1 saturated heterocycles. The first kappa shape index (κ1) is 31.9. The van der Waals surface area contributed by atoms with E-state index in [-0.39, 0.29) is 41.2 Å². The van der Waals surface area contributed by atoms with Gasteiger partial charge in [0.15, 0.2) is 0 Å². The van der Waals surface area contributed by atoms with Crippen LogP contribution in [-0.2, 0) is 9.59 Å². The number of carboxylic acids is 2. The van der Waals surface area contributed by atoms with Gasteiger partial charge in [0, 0.05) is 11.7 Å². The molecule has 1 atom stereocenters. The molecule has 0 aromatic rings. The maximum Gasteiger partial charge on any atom is 1.00 e. The van der Waals surface area contributed by atoms with Gasteiger partial charge in [-0.2, -0.15) is 0 Å². The third-order valence-corrected chi connectivity index (χ3v) is 5.84. The minimum Gasteiger partial charge on any atom is -0.550 e. The van der Waals surface area contributed by atoms with E-state index in [1.165, 1.54) is 83.5 Å². The van der Waals surface area contributed by atoms with Gasteiger partial charge in [0.25, 0.3) is 5.24 Å². The molecule has 0 aromatic heterocycles. The maximum atomic E-state index is 10.3. The van der Waals surface area contributed by atoms with Crippen molar-refractivity contribution in [3.63, 3.8) is 0 Å². The largest absolute Gasteiger partial charge is 1.00 e. The van der Waals surface area contributed by atoms with E-state index >= 15 is 0 Å². The van der Waals surface area contributed by atoms with Crippen LogP contribution in [0.2, 0.25) is 0 Å². The molecule has 1 aliphatic rings. The van der Waals surface area contributed by atoms with Crippen molar-refractivity contribution in [1.82, 2.24) is 5.32 Å². The van der Waals surface area contributed by atoms with Crippen molar-refractivity contribution in [3.8, 4) is 0 Å². The Kier molecular flexibility index (Phi) is 24.9. The predicted octanol–water partition coefficient (Wildman–Crippen LogP) is 1.90. The molecule has 0 saturated carbocycles. The SMILES string of the molecule is CCCCCCCCCCCCCCCCCC(=O)[O-].O=C1NC(C(=O)O)CS1.[Na+]. The van der Waals surface area contributed by atoms with Gasteiger partial charge in [0.2, 0.25) is 0 Å². The fourth-order valence-electron chi connectivity index (χ4n) is 3.16. The molecule has 1 amide bonds. The summed E-state index contributed by atoms with van der Waals surface area (Å²) in [6.45, 7) is 2.27. The van der Waals surface area contributed by atoms with Gasteiger partial charge in [-0.1, -0.05) is 109 Å². The van der Waals surface area contributed by atoms with Crippen LogP contribution < -0.4 is 40.0 Å². The Hall–Kier alpha value is -0.240. The molecule has 0 bridgehead atoms. The third-order valence-electron chi connectivity index (χ3n) is 4.96. The first-order valence-corrected chi connectivity index (χ1v) is 12.3. The molecular weight excluding hydrogens is 413 g/mol. The average Bonchev–Trinajstić information content (AvgIpc) is 3.12. The molecule has 1 heterocycles. The molecule has 0 aliphatic carbocycles. The fourth-order valence-corrected chi connectivity index (χ4v) is 3.93. The standard InChI is InChI=1S/C18H36O2.C4H5NO3S.Na/c1-2-3-4-5-6-7-8-9-10-11-12-13-14-15-16-17-18(19)20;6-3(7)2-1-9-4(8)5-2;/h2-17H2,1H3,(H,19,20);2H,1H2,(H,5,8)(H,6,7);/q;;+1/p-1. The minimum absolute atomic E-state index is 0. The van der Waals surface area contributed by atoms with Crippen molar-refractivity contribution in [3.05, 3.63) is 0 Å². The molecule has 0 radical (unpaired) electrons. The Morgan fingerprint density at radius 2 is 1.30 bits per heavy atom. The first-order chi connectivity index (χ1) is 14.0. The molecule has 1 aliphatic heterocycles. The normalized spacial score (nSPS) is 15.0. The van der Waals surface area contributed by atoms with Crippen LogP contribution in [-0.4, -0.2) is 34.1 Å². The second-order valence-corrected chi connectivity index (χ2v) is 8.70. The van der Waals surface area contributed by atoms with E-state index in [0.717, 1.165) is 24.6 Å². The van der Waals surface area contributed by atoms with Crippen LogP contribution in [0.3, 0.4) is 0 Å². The van der Waals surface area contributed by atoms with Crippen molar-refractivity contribution in [2.45, 2.75) is 116 Å². The summed E-state index contributed by atoms with van der Waals surface area (Å²) in [6.07, 6.45) is 19.9. The maximum absolute atomic E-state index is 10.3. The number of unbranched alkanes of at least 4 members (excludes halogenated alkanes) is 14. The molecule has 30 heavy (non-hydrogen) atoms. The number of amides is 1. The smallest absolute Gasteiger partial charge is 0.550 e.